The number of carbonyl (C=O) groups is 1. The Morgan fingerprint density at radius 3 is 2.61 bits per heavy atom. The quantitative estimate of drug-likeness (QED) is 0.665. The van der Waals surface area contributed by atoms with E-state index in [0.29, 0.717) is 40.7 Å². The molecule has 0 amide bonds. The predicted molar refractivity (Wildman–Crippen MR) is 86.1 cm³/mol. The number of carbonyl (C=O) groups excluding carboxylic acids is 1. The van der Waals surface area contributed by atoms with Crippen LogP contribution in [0.5, 0.6) is 11.5 Å². The molecule has 4 nitrogen and oxygen atoms in total. The summed E-state index contributed by atoms with van der Waals surface area (Å²) in [5.74, 6) is 0.327. The highest BCUT2D eigenvalue weighted by molar-refractivity contribution is 6.10. The molecule has 116 valence electrons. The van der Waals surface area contributed by atoms with Crippen LogP contribution in [-0.2, 0) is 6.42 Å². The van der Waals surface area contributed by atoms with Crippen LogP contribution in [0.1, 0.15) is 39.6 Å². The van der Waals surface area contributed by atoms with Gasteiger partial charge in [-0.15, -0.1) is 0 Å². The monoisotopic (exact) mass is 308 g/mol. The number of ketones is 1. The second-order valence-corrected chi connectivity index (χ2v) is 6.09. The van der Waals surface area contributed by atoms with Crippen molar-refractivity contribution in [3.63, 3.8) is 0 Å². The van der Waals surface area contributed by atoms with E-state index in [1.54, 1.807) is 6.92 Å². The minimum Gasteiger partial charge on any atom is -0.504 e. The van der Waals surface area contributed by atoms with Gasteiger partial charge in [0.1, 0.15) is 11.3 Å². The lowest BCUT2D eigenvalue weighted by atomic mass is 9.82. The maximum Gasteiger partial charge on any atom is 0.167 e. The Balaban J connectivity index is 1.87. The average molecular weight is 308 g/mol. The van der Waals surface area contributed by atoms with E-state index < -0.39 is 0 Å². The Labute approximate surface area is 133 Å². The lowest BCUT2D eigenvalue weighted by molar-refractivity contribution is 0.0962. The van der Waals surface area contributed by atoms with Gasteiger partial charge < -0.3 is 14.6 Å². The molecule has 1 aromatic heterocycles. The van der Waals surface area contributed by atoms with Crippen LogP contribution in [0, 0.1) is 6.92 Å². The number of aryl methyl sites for hydroxylation is 1. The topological polar surface area (TPSA) is 70.7 Å². The van der Waals surface area contributed by atoms with E-state index >= 15 is 0 Å². The molecule has 1 heterocycles. The third-order valence-corrected chi connectivity index (χ3v) is 4.65. The summed E-state index contributed by atoms with van der Waals surface area (Å²) in [6, 6.07) is 11.3. The first-order chi connectivity index (χ1) is 11.1. The van der Waals surface area contributed by atoms with Gasteiger partial charge in [-0.2, -0.15) is 0 Å². The van der Waals surface area contributed by atoms with Gasteiger partial charge in [-0.3, -0.25) is 4.79 Å². The second kappa shape index (κ2) is 4.88. The predicted octanol–water partition coefficient (Wildman–Crippen LogP) is 4.07. The SMILES string of the molecule is Cc1c(O)c(O)cc2c3c(oc12)CC(c1ccccc1)CC3=O. The van der Waals surface area contributed by atoms with E-state index in [-0.39, 0.29) is 23.2 Å². The standard InChI is InChI=1S/C19H16O4/c1-10-18(22)15(21)9-13-17-14(20)7-12(8-16(17)23-19(10)13)11-5-3-2-4-6-11/h2-6,9,12,21-22H,7-8H2,1H3. The molecule has 0 bridgehead atoms. The molecular weight excluding hydrogens is 292 g/mol. The van der Waals surface area contributed by atoms with Gasteiger partial charge in [0.2, 0.25) is 0 Å². The summed E-state index contributed by atoms with van der Waals surface area (Å²) in [5.41, 5.74) is 2.60. The van der Waals surface area contributed by atoms with E-state index in [4.69, 9.17) is 4.42 Å². The molecule has 0 saturated carbocycles. The molecule has 0 aliphatic heterocycles. The van der Waals surface area contributed by atoms with Crippen molar-refractivity contribution in [1.29, 1.82) is 0 Å². The van der Waals surface area contributed by atoms with Crippen LogP contribution >= 0.6 is 0 Å². The van der Waals surface area contributed by atoms with Gasteiger partial charge in [0.05, 0.1) is 5.56 Å². The largest absolute Gasteiger partial charge is 0.504 e. The highest BCUT2D eigenvalue weighted by Gasteiger charge is 2.32. The maximum absolute atomic E-state index is 12.6. The van der Waals surface area contributed by atoms with Crippen molar-refractivity contribution in [2.75, 3.05) is 0 Å². The molecule has 3 aromatic rings. The molecule has 1 aliphatic rings. The van der Waals surface area contributed by atoms with Crippen molar-refractivity contribution < 1.29 is 19.4 Å². The maximum atomic E-state index is 12.6. The van der Waals surface area contributed by atoms with Crippen LogP contribution < -0.4 is 0 Å². The molecule has 4 heteroatoms. The lowest BCUT2D eigenvalue weighted by Gasteiger charge is -2.20. The Bertz CT molecular complexity index is 922. The summed E-state index contributed by atoms with van der Waals surface area (Å²) < 4.78 is 5.89. The molecule has 23 heavy (non-hydrogen) atoms. The summed E-state index contributed by atoms with van der Waals surface area (Å²) in [7, 11) is 0. The summed E-state index contributed by atoms with van der Waals surface area (Å²) in [6.45, 7) is 1.67. The molecule has 1 unspecified atom stereocenters. The molecular formula is C19H16O4. The number of fused-ring (bicyclic) bond motifs is 3. The van der Waals surface area contributed by atoms with Gasteiger partial charge in [-0.25, -0.2) is 0 Å². The zero-order chi connectivity index (χ0) is 16.1. The van der Waals surface area contributed by atoms with Gasteiger partial charge in [0.25, 0.3) is 0 Å². The molecule has 1 atom stereocenters. The van der Waals surface area contributed by atoms with E-state index in [9.17, 15) is 15.0 Å². The lowest BCUT2D eigenvalue weighted by Crippen LogP contribution is -2.17. The number of furan rings is 1. The number of aromatic hydroxyl groups is 2. The number of phenolic OH excluding ortho intramolecular Hbond substituents is 2. The number of rotatable bonds is 1. The first-order valence-electron chi connectivity index (χ1n) is 7.61. The van der Waals surface area contributed by atoms with Gasteiger partial charge in [-0.05, 0) is 24.5 Å². The van der Waals surface area contributed by atoms with Crippen LogP contribution in [-0.4, -0.2) is 16.0 Å². The number of Topliss-reactive ketones (excluding diaryl/α,β-unsaturated/α-hetero) is 1. The van der Waals surface area contributed by atoms with Crippen LogP contribution in [0.3, 0.4) is 0 Å². The van der Waals surface area contributed by atoms with Crippen molar-refractivity contribution in [2.24, 2.45) is 0 Å². The Hall–Kier alpha value is -2.75. The van der Waals surface area contributed by atoms with Crippen molar-refractivity contribution >= 4 is 16.8 Å². The van der Waals surface area contributed by atoms with Crippen LogP contribution in [0.2, 0.25) is 0 Å². The number of hydrogen-bond donors (Lipinski definition) is 2. The molecule has 0 spiro atoms. The molecule has 0 fully saturated rings. The highest BCUT2D eigenvalue weighted by Crippen LogP contribution is 2.43. The fourth-order valence-corrected chi connectivity index (χ4v) is 3.45. The van der Waals surface area contributed by atoms with Crippen LogP contribution in [0.25, 0.3) is 11.0 Å². The third-order valence-electron chi connectivity index (χ3n) is 4.65. The van der Waals surface area contributed by atoms with Gasteiger partial charge in [0.15, 0.2) is 17.3 Å². The molecule has 4 rings (SSSR count). The van der Waals surface area contributed by atoms with Crippen molar-refractivity contribution in [3.8, 4) is 11.5 Å². The fraction of sp³-hybridized carbons (Fsp3) is 0.211. The Morgan fingerprint density at radius 1 is 1.13 bits per heavy atom. The van der Waals surface area contributed by atoms with E-state index in [2.05, 4.69) is 0 Å². The Kier molecular flexibility index (Phi) is 2.94. The molecule has 0 radical (unpaired) electrons. The molecule has 2 N–H and O–H groups in total. The minimum atomic E-state index is -0.225. The van der Waals surface area contributed by atoms with E-state index in [1.165, 1.54) is 6.07 Å². The summed E-state index contributed by atoms with van der Waals surface area (Å²) in [6.07, 6.45) is 1.06. The fourth-order valence-electron chi connectivity index (χ4n) is 3.45. The zero-order valence-corrected chi connectivity index (χ0v) is 12.7. The van der Waals surface area contributed by atoms with E-state index in [0.717, 1.165) is 5.56 Å². The van der Waals surface area contributed by atoms with Gasteiger partial charge >= 0.3 is 0 Å². The first-order valence-corrected chi connectivity index (χ1v) is 7.61. The van der Waals surface area contributed by atoms with Gasteiger partial charge in [0, 0.05) is 23.8 Å². The third kappa shape index (κ3) is 2.02. The number of phenols is 2. The van der Waals surface area contributed by atoms with Crippen molar-refractivity contribution in [2.45, 2.75) is 25.7 Å². The van der Waals surface area contributed by atoms with Crippen LogP contribution in [0.15, 0.2) is 40.8 Å². The van der Waals surface area contributed by atoms with Crippen molar-refractivity contribution in [3.05, 3.63) is 58.8 Å². The molecule has 0 saturated heterocycles. The zero-order valence-electron chi connectivity index (χ0n) is 12.7. The number of hydrogen-bond acceptors (Lipinski definition) is 4. The molecule has 2 aromatic carbocycles. The van der Waals surface area contributed by atoms with Crippen molar-refractivity contribution in [1.82, 2.24) is 0 Å². The Morgan fingerprint density at radius 2 is 1.87 bits per heavy atom. The first kappa shape index (κ1) is 13.9. The summed E-state index contributed by atoms with van der Waals surface area (Å²) in [5, 5.41) is 20.3. The number of benzene rings is 2. The highest BCUT2D eigenvalue weighted by atomic mass is 16.3. The smallest absolute Gasteiger partial charge is 0.167 e. The van der Waals surface area contributed by atoms with Gasteiger partial charge in [-0.1, -0.05) is 30.3 Å². The normalized spacial score (nSPS) is 17.4. The summed E-state index contributed by atoms with van der Waals surface area (Å²) in [4.78, 5) is 12.6. The average Bonchev–Trinajstić information content (AvgIpc) is 2.92. The molecule has 1 aliphatic carbocycles. The minimum absolute atomic E-state index is 0.0170. The second-order valence-electron chi connectivity index (χ2n) is 6.09. The summed E-state index contributed by atoms with van der Waals surface area (Å²) >= 11 is 0. The van der Waals surface area contributed by atoms with E-state index in [1.807, 2.05) is 30.3 Å². The van der Waals surface area contributed by atoms with Crippen LogP contribution in [0.4, 0.5) is 0 Å².